The molecule has 88 valence electrons. The molecule has 0 saturated carbocycles. The summed E-state index contributed by atoms with van der Waals surface area (Å²) in [5.74, 6) is -0.144. The molecule has 1 rings (SSSR count). The summed E-state index contributed by atoms with van der Waals surface area (Å²) in [4.78, 5) is 10.4. The highest BCUT2D eigenvalue weighted by atomic mass is 16.4. The number of carboxylic acid groups (broad SMARTS) is 1. The first-order chi connectivity index (χ1) is 7.59. The van der Waals surface area contributed by atoms with Crippen LogP contribution in [0.25, 0.3) is 0 Å². The second-order valence-electron chi connectivity index (χ2n) is 4.50. The molecule has 2 heteroatoms. The van der Waals surface area contributed by atoms with Crippen molar-refractivity contribution in [3.8, 4) is 0 Å². The number of unbranched alkanes of at least 4 members (excludes halogenated alkanes) is 1. The van der Waals surface area contributed by atoms with E-state index in [0.29, 0.717) is 5.92 Å². The van der Waals surface area contributed by atoms with E-state index in [1.165, 1.54) is 11.1 Å². The molecule has 1 aromatic carbocycles. The van der Waals surface area contributed by atoms with E-state index in [-0.39, 0.29) is 6.42 Å². The number of hydrogen-bond acceptors (Lipinski definition) is 1. The number of benzene rings is 1. The van der Waals surface area contributed by atoms with Gasteiger partial charge in [0.1, 0.15) is 0 Å². The molecule has 0 aliphatic carbocycles. The van der Waals surface area contributed by atoms with Crippen LogP contribution in [-0.2, 0) is 11.2 Å². The Kier molecular flexibility index (Phi) is 5.03. The van der Waals surface area contributed by atoms with Crippen LogP contribution >= 0.6 is 0 Å². The van der Waals surface area contributed by atoms with E-state index in [4.69, 9.17) is 5.11 Å². The van der Waals surface area contributed by atoms with Crippen LogP contribution in [0.15, 0.2) is 24.3 Å². The molecule has 0 aliphatic heterocycles. The SMILES string of the molecule is CC(C)c1cccc(CCCCC(=O)O)c1. The summed E-state index contributed by atoms with van der Waals surface area (Å²) in [6.45, 7) is 4.37. The zero-order valence-corrected chi connectivity index (χ0v) is 10.1. The molecule has 0 bridgehead atoms. The highest BCUT2D eigenvalue weighted by molar-refractivity contribution is 5.66. The van der Waals surface area contributed by atoms with Crippen LogP contribution in [0.5, 0.6) is 0 Å². The van der Waals surface area contributed by atoms with Gasteiger partial charge >= 0.3 is 5.97 Å². The van der Waals surface area contributed by atoms with Gasteiger partial charge in [0.25, 0.3) is 0 Å². The van der Waals surface area contributed by atoms with Crippen LogP contribution < -0.4 is 0 Å². The van der Waals surface area contributed by atoms with E-state index in [2.05, 4.69) is 38.1 Å². The van der Waals surface area contributed by atoms with Gasteiger partial charge in [-0.15, -0.1) is 0 Å². The molecule has 1 aromatic rings. The summed E-state index contributed by atoms with van der Waals surface area (Å²) in [7, 11) is 0. The largest absolute Gasteiger partial charge is 0.481 e. The summed E-state index contributed by atoms with van der Waals surface area (Å²) in [6.07, 6.45) is 2.98. The summed E-state index contributed by atoms with van der Waals surface area (Å²) in [6, 6.07) is 8.57. The Balaban J connectivity index is 2.42. The standard InChI is InChI=1S/C14H20O2/c1-11(2)13-8-5-7-12(10-13)6-3-4-9-14(15)16/h5,7-8,10-11H,3-4,6,9H2,1-2H3,(H,15,16). The quantitative estimate of drug-likeness (QED) is 0.744. The van der Waals surface area contributed by atoms with Crippen molar-refractivity contribution in [2.45, 2.75) is 45.4 Å². The molecule has 0 fully saturated rings. The van der Waals surface area contributed by atoms with Crippen LogP contribution in [0.3, 0.4) is 0 Å². The summed E-state index contributed by atoms with van der Waals surface area (Å²) >= 11 is 0. The number of aryl methyl sites for hydroxylation is 1. The van der Waals surface area contributed by atoms with Crippen molar-refractivity contribution < 1.29 is 9.90 Å². The summed E-state index contributed by atoms with van der Waals surface area (Å²) < 4.78 is 0. The van der Waals surface area contributed by atoms with Crippen LogP contribution in [0.2, 0.25) is 0 Å². The smallest absolute Gasteiger partial charge is 0.303 e. The van der Waals surface area contributed by atoms with Gasteiger partial charge in [0.2, 0.25) is 0 Å². The molecule has 1 N–H and O–H groups in total. The van der Waals surface area contributed by atoms with E-state index < -0.39 is 5.97 Å². The molecule has 2 nitrogen and oxygen atoms in total. The molecule has 0 heterocycles. The third kappa shape index (κ3) is 4.47. The monoisotopic (exact) mass is 220 g/mol. The molecular weight excluding hydrogens is 200 g/mol. The van der Waals surface area contributed by atoms with E-state index in [1.807, 2.05) is 0 Å². The topological polar surface area (TPSA) is 37.3 Å². The van der Waals surface area contributed by atoms with E-state index in [1.54, 1.807) is 0 Å². The van der Waals surface area contributed by atoms with Gasteiger partial charge < -0.3 is 5.11 Å². The number of carbonyl (C=O) groups is 1. The van der Waals surface area contributed by atoms with Crippen molar-refractivity contribution in [2.75, 3.05) is 0 Å². The van der Waals surface area contributed by atoms with Crippen molar-refractivity contribution in [1.82, 2.24) is 0 Å². The molecule has 0 unspecified atom stereocenters. The lowest BCUT2D eigenvalue weighted by Crippen LogP contribution is -1.95. The minimum absolute atomic E-state index is 0.282. The Bertz CT molecular complexity index is 342. The average molecular weight is 220 g/mol. The molecule has 0 saturated heterocycles. The van der Waals surface area contributed by atoms with Crippen LogP contribution in [-0.4, -0.2) is 11.1 Å². The van der Waals surface area contributed by atoms with Gasteiger partial charge in [-0.2, -0.15) is 0 Å². The van der Waals surface area contributed by atoms with Gasteiger partial charge in [-0.05, 0) is 36.3 Å². The second kappa shape index (κ2) is 6.31. The molecule has 0 aliphatic rings. The maximum absolute atomic E-state index is 10.4. The lowest BCUT2D eigenvalue weighted by Gasteiger charge is -2.07. The van der Waals surface area contributed by atoms with E-state index in [0.717, 1.165) is 19.3 Å². The first-order valence-corrected chi connectivity index (χ1v) is 5.90. The second-order valence-corrected chi connectivity index (χ2v) is 4.50. The summed E-state index contributed by atoms with van der Waals surface area (Å²) in [5.41, 5.74) is 2.67. The molecule has 0 atom stereocenters. The maximum Gasteiger partial charge on any atom is 0.303 e. The van der Waals surface area contributed by atoms with E-state index in [9.17, 15) is 4.79 Å². The Morgan fingerprint density at radius 3 is 2.69 bits per heavy atom. The van der Waals surface area contributed by atoms with Crippen molar-refractivity contribution in [3.63, 3.8) is 0 Å². The maximum atomic E-state index is 10.4. The highest BCUT2D eigenvalue weighted by Crippen LogP contribution is 2.16. The van der Waals surface area contributed by atoms with Crippen LogP contribution in [0.1, 0.15) is 50.2 Å². The number of carboxylic acids is 1. The van der Waals surface area contributed by atoms with Crippen LogP contribution in [0.4, 0.5) is 0 Å². The highest BCUT2D eigenvalue weighted by Gasteiger charge is 2.01. The van der Waals surface area contributed by atoms with Gasteiger partial charge in [-0.1, -0.05) is 38.1 Å². The van der Waals surface area contributed by atoms with E-state index >= 15 is 0 Å². The van der Waals surface area contributed by atoms with Crippen molar-refractivity contribution >= 4 is 5.97 Å². The molecule has 0 aromatic heterocycles. The van der Waals surface area contributed by atoms with Gasteiger partial charge in [-0.25, -0.2) is 0 Å². The Morgan fingerprint density at radius 2 is 2.06 bits per heavy atom. The fraction of sp³-hybridized carbons (Fsp3) is 0.500. The molecule has 0 radical (unpaired) electrons. The predicted molar refractivity (Wildman–Crippen MR) is 65.7 cm³/mol. The normalized spacial score (nSPS) is 10.7. The third-order valence-electron chi connectivity index (χ3n) is 2.72. The summed E-state index contributed by atoms with van der Waals surface area (Å²) in [5, 5.41) is 8.53. The number of hydrogen-bond donors (Lipinski definition) is 1. The Morgan fingerprint density at radius 1 is 1.31 bits per heavy atom. The first kappa shape index (κ1) is 12.8. The number of aliphatic carboxylic acids is 1. The van der Waals surface area contributed by atoms with Gasteiger partial charge in [-0.3, -0.25) is 4.79 Å². The predicted octanol–water partition coefficient (Wildman–Crippen LogP) is 3.61. The fourth-order valence-electron chi connectivity index (χ4n) is 1.71. The van der Waals surface area contributed by atoms with Gasteiger partial charge in [0.15, 0.2) is 0 Å². The van der Waals surface area contributed by atoms with Crippen molar-refractivity contribution in [2.24, 2.45) is 0 Å². The first-order valence-electron chi connectivity index (χ1n) is 5.90. The minimum Gasteiger partial charge on any atom is -0.481 e. The van der Waals surface area contributed by atoms with Crippen molar-refractivity contribution in [3.05, 3.63) is 35.4 Å². The van der Waals surface area contributed by atoms with Gasteiger partial charge in [0, 0.05) is 6.42 Å². The fourth-order valence-corrected chi connectivity index (χ4v) is 1.71. The zero-order chi connectivity index (χ0) is 12.0. The van der Waals surface area contributed by atoms with Crippen molar-refractivity contribution in [1.29, 1.82) is 0 Å². The molecule has 16 heavy (non-hydrogen) atoms. The average Bonchev–Trinajstić information content (AvgIpc) is 2.24. The van der Waals surface area contributed by atoms with Gasteiger partial charge in [0.05, 0.1) is 0 Å². The Labute approximate surface area is 97.3 Å². The Hall–Kier alpha value is -1.31. The zero-order valence-electron chi connectivity index (χ0n) is 10.1. The molecule has 0 spiro atoms. The lowest BCUT2D eigenvalue weighted by molar-refractivity contribution is -0.137. The third-order valence-corrected chi connectivity index (χ3v) is 2.72. The van der Waals surface area contributed by atoms with Crippen LogP contribution in [0, 0.1) is 0 Å². The minimum atomic E-state index is -0.698. The molecule has 0 amide bonds. The lowest BCUT2D eigenvalue weighted by atomic mass is 9.98. The molecular formula is C14H20O2. The number of rotatable bonds is 6.